The smallest absolute Gasteiger partial charge is 0.222 e. The summed E-state index contributed by atoms with van der Waals surface area (Å²) in [4.78, 5) is 7.92. The van der Waals surface area contributed by atoms with Gasteiger partial charge in [0.1, 0.15) is 10.3 Å². The van der Waals surface area contributed by atoms with Crippen molar-refractivity contribution in [3.05, 3.63) is 46.7 Å². The Morgan fingerprint density at radius 1 is 0.800 bits per heavy atom. The Hall–Kier alpha value is -1.32. The van der Waals surface area contributed by atoms with E-state index < -0.39 is 0 Å². The van der Waals surface area contributed by atoms with Gasteiger partial charge >= 0.3 is 0 Å². The zero-order valence-electron chi connectivity index (χ0n) is 7.52. The van der Waals surface area contributed by atoms with Gasteiger partial charge in [0.15, 0.2) is 0 Å². The molecule has 0 aliphatic carbocycles. The van der Waals surface area contributed by atoms with Gasteiger partial charge in [0.05, 0.1) is 0 Å². The van der Waals surface area contributed by atoms with Gasteiger partial charge in [-0.05, 0) is 12.1 Å². The van der Waals surface area contributed by atoms with Crippen LogP contribution in [0, 0.1) is 0 Å². The molecule has 76 valence electrons. The molecule has 0 aromatic carbocycles. The Morgan fingerprint density at radius 3 is 1.67 bits per heavy atom. The third-order valence-corrected chi connectivity index (χ3v) is 2.01. The average molecular weight is 241 g/mol. The summed E-state index contributed by atoms with van der Waals surface area (Å²) in [5, 5.41) is 0.740. The highest BCUT2D eigenvalue weighted by Gasteiger charge is 2.00. The molecule has 0 radical (unpaired) electrons. The second-order valence-corrected chi connectivity index (χ2v) is 3.47. The number of ether oxygens (including phenoxy) is 1. The topological polar surface area (TPSA) is 35.0 Å². The highest BCUT2D eigenvalue weighted by atomic mass is 35.5. The summed E-state index contributed by atoms with van der Waals surface area (Å²) < 4.78 is 5.35. The second kappa shape index (κ2) is 4.47. The zero-order chi connectivity index (χ0) is 10.7. The molecule has 0 fully saturated rings. The fourth-order valence-corrected chi connectivity index (χ4v) is 1.31. The number of halogens is 2. The monoisotopic (exact) mass is 240 g/mol. The fraction of sp³-hybridized carbons (Fsp3) is 0. The standard InChI is InChI=1S/C10H6Cl2N2O/c11-7-3-1-5-9(13-7)15-10-6-2-4-8(12)14-10/h1-6H. The van der Waals surface area contributed by atoms with Crippen molar-refractivity contribution in [2.45, 2.75) is 0 Å². The highest BCUT2D eigenvalue weighted by molar-refractivity contribution is 6.29. The Morgan fingerprint density at radius 2 is 1.27 bits per heavy atom. The number of nitrogens with zero attached hydrogens (tertiary/aromatic N) is 2. The lowest BCUT2D eigenvalue weighted by Crippen LogP contribution is -1.90. The number of aromatic nitrogens is 2. The van der Waals surface area contributed by atoms with Crippen molar-refractivity contribution in [3.63, 3.8) is 0 Å². The summed E-state index contributed by atoms with van der Waals surface area (Å²) in [5.74, 6) is 0.773. The van der Waals surface area contributed by atoms with E-state index in [-0.39, 0.29) is 0 Å². The Bertz CT molecular complexity index is 433. The number of pyridine rings is 2. The molecule has 3 nitrogen and oxygen atoms in total. The van der Waals surface area contributed by atoms with E-state index >= 15 is 0 Å². The molecule has 0 atom stereocenters. The van der Waals surface area contributed by atoms with Gasteiger partial charge in [0.25, 0.3) is 0 Å². The highest BCUT2D eigenvalue weighted by Crippen LogP contribution is 2.19. The fourth-order valence-electron chi connectivity index (χ4n) is 1.00. The molecule has 2 aromatic heterocycles. The second-order valence-electron chi connectivity index (χ2n) is 2.70. The molecule has 5 heteroatoms. The third-order valence-electron chi connectivity index (χ3n) is 1.59. The third kappa shape index (κ3) is 2.81. The Labute approximate surface area is 96.6 Å². The summed E-state index contributed by atoms with van der Waals surface area (Å²) in [5.41, 5.74) is 0. The molecule has 0 saturated heterocycles. The minimum Gasteiger partial charge on any atom is -0.421 e. The molecule has 0 unspecified atom stereocenters. The quantitative estimate of drug-likeness (QED) is 0.753. The number of hydrogen-bond donors (Lipinski definition) is 0. The van der Waals surface area contributed by atoms with Gasteiger partial charge < -0.3 is 4.74 Å². The molecule has 2 heterocycles. The SMILES string of the molecule is Clc1cccc(Oc2cccc(Cl)n2)n1. The average Bonchev–Trinajstić information content (AvgIpc) is 2.17. The molecule has 2 rings (SSSR count). The molecule has 0 amide bonds. The number of hydrogen-bond acceptors (Lipinski definition) is 3. The maximum absolute atomic E-state index is 5.70. The first-order valence-corrected chi connectivity index (χ1v) is 4.92. The van der Waals surface area contributed by atoms with Gasteiger partial charge in [0, 0.05) is 12.1 Å². The molecule has 0 N–H and O–H groups in total. The van der Waals surface area contributed by atoms with Crippen molar-refractivity contribution < 1.29 is 4.74 Å². The van der Waals surface area contributed by atoms with Gasteiger partial charge in [-0.2, -0.15) is 0 Å². The zero-order valence-corrected chi connectivity index (χ0v) is 9.03. The first-order chi connectivity index (χ1) is 7.24. The molecule has 15 heavy (non-hydrogen) atoms. The van der Waals surface area contributed by atoms with Crippen molar-refractivity contribution in [1.29, 1.82) is 0 Å². The van der Waals surface area contributed by atoms with E-state index in [0.717, 1.165) is 0 Å². The van der Waals surface area contributed by atoms with Gasteiger partial charge in [0.2, 0.25) is 11.8 Å². The van der Waals surface area contributed by atoms with Crippen LogP contribution in [0.15, 0.2) is 36.4 Å². The maximum atomic E-state index is 5.70. The van der Waals surface area contributed by atoms with Gasteiger partial charge in [-0.15, -0.1) is 0 Å². The van der Waals surface area contributed by atoms with E-state index in [9.17, 15) is 0 Å². The lowest BCUT2D eigenvalue weighted by molar-refractivity contribution is 0.445. The minimum absolute atomic E-state index is 0.370. The molecular formula is C10H6Cl2N2O. The van der Waals surface area contributed by atoms with Crippen molar-refractivity contribution in [2.75, 3.05) is 0 Å². The molecule has 0 aliphatic heterocycles. The van der Waals surface area contributed by atoms with Crippen molar-refractivity contribution in [3.8, 4) is 11.8 Å². The minimum atomic E-state index is 0.370. The van der Waals surface area contributed by atoms with Crippen LogP contribution in [0.4, 0.5) is 0 Å². The Balaban J connectivity index is 2.22. The normalized spacial score (nSPS) is 10.0. The van der Waals surface area contributed by atoms with E-state index in [2.05, 4.69) is 9.97 Å². The number of rotatable bonds is 2. The molecule has 0 aliphatic rings. The van der Waals surface area contributed by atoms with E-state index in [1.54, 1.807) is 36.4 Å². The molecular weight excluding hydrogens is 235 g/mol. The van der Waals surface area contributed by atoms with Crippen LogP contribution in [0.1, 0.15) is 0 Å². The van der Waals surface area contributed by atoms with Crippen LogP contribution in [0.2, 0.25) is 10.3 Å². The van der Waals surface area contributed by atoms with Gasteiger partial charge in [-0.3, -0.25) is 0 Å². The maximum Gasteiger partial charge on any atom is 0.222 e. The first kappa shape index (κ1) is 10.2. The largest absolute Gasteiger partial charge is 0.421 e. The summed E-state index contributed by atoms with van der Waals surface area (Å²) in [6.45, 7) is 0. The van der Waals surface area contributed by atoms with Crippen molar-refractivity contribution in [1.82, 2.24) is 9.97 Å². The van der Waals surface area contributed by atoms with Crippen molar-refractivity contribution >= 4 is 23.2 Å². The summed E-state index contributed by atoms with van der Waals surface area (Å²) in [7, 11) is 0. The summed E-state index contributed by atoms with van der Waals surface area (Å²) in [6.07, 6.45) is 0. The predicted molar refractivity (Wildman–Crippen MR) is 58.6 cm³/mol. The molecule has 0 spiro atoms. The molecule has 0 bridgehead atoms. The summed E-state index contributed by atoms with van der Waals surface area (Å²) in [6, 6.07) is 10.2. The van der Waals surface area contributed by atoms with Crippen LogP contribution >= 0.6 is 23.2 Å². The summed E-state index contributed by atoms with van der Waals surface area (Å²) >= 11 is 11.4. The van der Waals surface area contributed by atoms with Crippen LogP contribution < -0.4 is 4.74 Å². The van der Waals surface area contributed by atoms with E-state index in [0.29, 0.717) is 22.1 Å². The van der Waals surface area contributed by atoms with Crippen molar-refractivity contribution in [2.24, 2.45) is 0 Å². The van der Waals surface area contributed by atoms with Crippen LogP contribution in [-0.2, 0) is 0 Å². The molecule has 2 aromatic rings. The van der Waals surface area contributed by atoms with Gasteiger partial charge in [-0.1, -0.05) is 35.3 Å². The predicted octanol–water partition coefficient (Wildman–Crippen LogP) is 3.58. The lowest BCUT2D eigenvalue weighted by Gasteiger charge is -2.03. The Kier molecular flexibility index (Phi) is 3.04. The van der Waals surface area contributed by atoms with E-state index in [1.165, 1.54) is 0 Å². The van der Waals surface area contributed by atoms with Crippen LogP contribution in [0.25, 0.3) is 0 Å². The van der Waals surface area contributed by atoms with Crippen LogP contribution in [0.5, 0.6) is 11.8 Å². The first-order valence-electron chi connectivity index (χ1n) is 4.17. The van der Waals surface area contributed by atoms with E-state index in [4.69, 9.17) is 27.9 Å². The van der Waals surface area contributed by atoms with Gasteiger partial charge in [-0.25, -0.2) is 9.97 Å². The van der Waals surface area contributed by atoms with Crippen LogP contribution in [-0.4, -0.2) is 9.97 Å². The molecule has 0 saturated carbocycles. The lowest BCUT2D eigenvalue weighted by atomic mass is 10.5. The van der Waals surface area contributed by atoms with Crippen LogP contribution in [0.3, 0.4) is 0 Å². The van der Waals surface area contributed by atoms with E-state index in [1.807, 2.05) is 0 Å².